The van der Waals surface area contributed by atoms with Gasteiger partial charge in [-0.15, -0.1) is 0 Å². The van der Waals surface area contributed by atoms with Crippen LogP contribution < -0.4 is 9.64 Å². The smallest absolute Gasteiger partial charge is 0.167 e. The van der Waals surface area contributed by atoms with Crippen molar-refractivity contribution in [1.82, 2.24) is 14.9 Å². The molecular weight excluding hydrogens is 335 g/mol. The molecule has 2 fully saturated rings. The van der Waals surface area contributed by atoms with Crippen molar-refractivity contribution in [3.8, 4) is 5.75 Å². The SMILES string of the molecule is COc1cc2c(N3CCCC[C@@H]3CN3CCOCC3)ncnc2cc1F. The number of aromatic nitrogens is 2. The zero-order valence-corrected chi connectivity index (χ0v) is 15.2. The molecule has 6 nitrogen and oxygen atoms in total. The Balaban J connectivity index is 1.67. The van der Waals surface area contributed by atoms with Gasteiger partial charge in [-0.1, -0.05) is 0 Å². The van der Waals surface area contributed by atoms with E-state index in [0.29, 0.717) is 11.6 Å². The van der Waals surface area contributed by atoms with E-state index in [1.807, 2.05) is 0 Å². The van der Waals surface area contributed by atoms with Crippen molar-refractivity contribution in [2.24, 2.45) is 0 Å². The van der Waals surface area contributed by atoms with E-state index >= 15 is 0 Å². The Hall–Kier alpha value is -1.99. The number of benzene rings is 1. The predicted octanol–water partition coefficient (Wildman–Crippen LogP) is 2.47. The van der Waals surface area contributed by atoms with Crippen LogP contribution in [0.2, 0.25) is 0 Å². The molecule has 2 aromatic rings. The molecule has 3 heterocycles. The average molecular weight is 360 g/mol. The second-order valence-corrected chi connectivity index (χ2v) is 6.96. The minimum atomic E-state index is -0.395. The summed E-state index contributed by atoms with van der Waals surface area (Å²) in [7, 11) is 1.48. The molecule has 2 saturated heterocycles. The highest BCUT2D eigenvalue weighted by molar-refractivity contribution is 5.90. The van der Waals surface area contributed by atoms with E-state index in [9.17, 15) is 4.39 Å². The number of hydrogen-bond donors (Lipinski definition) is 0. The van der Waals surface area contributed by atoms with Gasteiger partial charge in [0.1, 0.15) is 12.1 Å². The standard InChI is InChI=1S/C19H25FN4O2/c1-25-18-10-15-17(11-16(18)20)21-13-22-19(15)24-5-3-2-4-14(24)12-23-6-8-26-9-7-23/h10-11,13-14H,2-9,12H2,1H3/t14-/m1/s1. The largest absolute Gasteiger partial charge is 0.494 e. The van der Waals surface area contributed by atoms with Crippen LogP contribution in [-0.4, -0.2) is 67.4 Å². The van der Waals surface area contributed by atoms with Gasteiger partial charge in [0, 0.05) is 43.7 Å². The van der Waals surface area contributed by atoms with Crippen LogP contribution in [0.4, 0.5) is 10.2 Å². The fourth-order valence-corrected chi connectivity index (χ4v) is 3.98. The fourth-order valence-electron chi connectivity index (χ4n) is 3.98. The fraction of sp³-hybridized carbons (Fsp3) is 0.579. The molecule has 4 rings (SSSR count). The second-order valence-electron chi connectivity index (χ2n) is 6.96. The Labute approximate surface area is 152 Å². The minimum Gasteiger partial charge on any atom is -0.494 e. The van der Waals surface area contributed by atoms with Crippen LogP contribution in [0.25, 0.3) is 10.9 Å². The lowest BCUT2D eigenvalue weighted by Crippen LogP contribution is -2.49. The van der Waals surface area contributed by atoms with Crippen molar-refractivity contribution in [2.45, 2.75) is 25.3 Å². The first-order chi connectivity index (χ1) is 12.8. The second kappa shape index (κ2) is 7.72. The molecule has 2 aliphatic heterocycles. The summed E-state index contributed by atoms with van der Waals surface area (Å²) >= 11 is 0. The van der Waals surface area contributed by atoms with E-state index in [4.69, 9.17) is 9.47 Å². The first kappa shape index (κ1) is 17.4. The van der Waals surface area contributed by atoms with Crippen LogP contribution in [0.3, 0.4) is 0 Å². The van der Waals surface area contributed by atoms with Gasteiger partial charge in [0.15, 0.2) is 11.6 Å². The number of rotatable bonds is 4. The summed E-state index contributed by atoms with van der Waals surface area (Å²) in [5.41, 5.74) is 0.615. The third kappa shape index (κ3) is 3.46. The van der Waals surface area contributed by atoms with Gasteiger partial charge in [-0.25, -0.2) is 14.4 Å². The summed E-state index contributed by atoms with van der Waals surface area (Å²) in [6.07, 6.45) is 5.04. The van der Waals surface area contributed by atoms with E-state index in [1.54, 1.807) is 6.07 Å². The normalized spacial score (nSPS) is 21.9. The molecule has 0 unspecified atom stereocenters. The van der Waals surface area contributed by atoms with Crippen LogP contribution in [0.5, 0.6) is 5.75 Å². The lowest BCUT2D eigenvalue weighted by Gasteiger charge is -2.40. The number of fused-ring (bicyclic) bond motifs is 1. The minimum absolute atomic E-state index is 0.232. The number of anilines is 1. The third-order valence-corrected chi connectivity index (χ3v) is 5.36. The molecule has 26 heavy (non-hydrogen) atoms. The zero-order chi connectivity index (χ0) is 17.9. The van der Waals surface area contributed by atoms with Crippen LogP contribution in [0.15, 0.2) is 18.5 Å². The quantitative estimate of drug-likeness (QED) is 0.835. The van der Waals surface area contributed by atoms with Gasteiger partial charge in [0.25, 0.3) is 0 Å². The Morgan fingerprint density at radius 1 is 1.19 bits per heavy atom. The lowest BCUT2D eigenvalue weighted by atomic mass is 10.0. The van der Waals surface area contributed by atoms with Gasteiger partial charge in [0.2, 0.25) is 0 Å². The van der Waals surface area contributed by atoms with Crippen molar-refractivity contribution in [3.63, 3.8) is 0 Å². The topological polar surface area (TPSA) is 50.7 Å². The molecule has 140 valence electrons. The maximum absolute atomic E-state index is 14.1. The number of piperidine rings is 1. The lowest BCUT2D eigenvalue weighted by molar-refractivity contribution is 0.0338. The maximum atomic E-state index is 14.1. The van der Waals surface area contributed by atoms with Crippen molar-refractivity contribution < 1.29 is 13.9 Å². The molecule has 0 aliphatic carbocycles. The average Bonchev–Trinajstić information content (AvgIpc) is 2.68. The Kier molecular flexibility index (Phi) is 5.17. The van der Waals surface area contributed by atoms with Gasteiger partial charge < -0.3 is 14.4 Å². The molecule has 0 saturated carbocycles. The number of morpholine rings is 1. The van der Waals surface area contributed by atoms with Crippen molar-refractivity contribution in [2.75, 3.05) is 51.4 Å². The van der Waals surface area contributed by atoms with E-state index in [-0.39, 0.29) is 5.75 Å². The van der Waals surface area contributed by atoms with Gasteiger partial charge in [-0.2, -0.15) is 0 Å². The van der Waals surface area contributed by atoms with Crippen molar-refractivity contribution in [3.05, 3.63) is 24.3 Å². The Morgan fingerprint density at radius 3 is 2.85 bits per heavy atom. The van der Waals surface area contributed by atoms with Gasteiger partial charge in [-0.05, 0) is 25.3 Å². The highest BCUT2D eigenvalue weighted by Gasteiger charge is 2.28. The Bertz CT molecular complexity index is 767. The number of halogens is 1. The van der Waals surface area contributed by atoms with Crippen LogP contribution in [0, 0.1) is 5.82 Å². The molecule has 7 heteroatoms. The highest BCUT2D eigenvalue weighted by atomic mass is 19.1. The molecule has 0 spiro atoms. The molecule has 0 amide bonds. The van der Waals surface area contributed by atoms with E-state index in [2.05, 4.69) is 19.8 Å². The summed E-state index contributed by atoms with van der Waals surface area (Å²) in [6.45, 7) is 5.54. The molecule has 2 aliphatic rings. The van der Waals surface area contributed by atoms with Crippen LogP contribution in [0.1, 0.15) is 19.3 Å². The first-order valence-corrected chi connectivity index (χ1v) is 9.31. The molecule has 0 radical (unpaired) electrons. The molecule has 1 aromatic carbocycles. The summed E-state index contributed by atoms with van der Waals surface area (Å²) in [6, 6.07) is 3.55. The molecule has 0 bridgehead atoms. The molecule has 0 N–H and O–H groups in total. The van der Waals surface area contributed by atoms with Crippen LogP contribution >= 0.6 is 0 Å². The van der Waals surface area contributed by atoms with E-state index in [1.165, 1.54) is 25.9 Å². The summed E-state index contributed by atoms with van der Waals surface area (Å²) < 4.78 is 24.7. The maximum Gasteiger partial charge on any atom is 0.167 e. The van der Waals surface area contributed by atoms with Gasteiger partial charge >= 0.3 is 0 Å². The monoisotopic (exact) mass is 360 g/mol. The number of methoxy groups -OCH3 is 1. The van der Waals surface area contributed by atoms with E-state index in [0.717, 1.165) is 63.4 Å². The van der Waals surface area contributed by atoms with Gasteiger partial charge in [0.05, 0.1) is 25.8 Å². The summed E-state index contributed by atoms with van der Waals surface area (Å²) in [5.74, 6) is 0.717. The summed E-state index contributed by atoms with van der Waals surface area (Å²) in [4.78, 5) is 13.7. The van der Waals surface area contributed by atoms with Crippen molar-refractivity contribution >= 4 is 16.7 Å². The third-order valence-electron chi connectivity index (χ3n) is 5.36. The predicted molar refractivity (Wildman–Crippen MR) is 98.3 cm³/mol. The van der Waals surface area contributed by atoms with Gasteiger partial charge in [-0.3, -0.25) is 4.90 Å². The Morgan fingerprint density at radius 2 is 2.04 bits per heavy atom. The van der Waals surface area contributed by atoms with Crippen molar-refractivity contribution in [1.29, 1.82) is 0 Å². The molecule has 1 aromatic heterocycles. The first-order valence-electron chi connectivity index (χ1n) is 9.31. The highest BCUT2D eigenvalue weighted by Crippen LogP contribution is 2.32. The number of nitrogens with zero attached hydrogens (tertiary/aromatic N) is 4. The number of ether oxygens (including phenoxy) is 2. The molecule has 1 atom stereocenters. The van der Waals surface area contributed by atoms with E-state index < -0.39 is 5.82 Å². The zero-order valence-electron chi connectivity index (χ0n) is 15.2. The van der Waals surface area contributed by atoms with Crippen LogP contribution in [-0.2, 0) is 4.74 Å². The summed E-state index contributed by atoms with van der Waals surface area (Å²) in [5, 5.41) is 0.847. The number of hydrogen-bond acceptors (Lipinski definition) is 6. The molecular formula is C19H25FN4O2.